The summed E-state index contributed by atoms with van der Waals surface area (Å²) in [5.41, 5.74) is -4.85. The molecule has 6 aliphatic rings. The number of aliphatic hydroxyl groups excluding tert-OH is 2. The number of hydrogen-bond donors (Lipinski definition) is 3. The van der Waals surface area contributed by atoms with Crippen LogP contribution in [0.5, 0.6) is 0 Å². The van der Waals surface area contributed by atoms with E-state index in [1.54, 1.807) is 45.6 Å². The van der Waals surface area contributed by atoms with E-state index in [1.807, 2.05) is 13.1 Å². The maximum Gasteiger partial charge on any atom is 0.338 e. The van der Waals surface area contributed by atoms with Crippen molar-refractivity contribution >= 4 is 11.9 Å². The summed E-state index contributed by atoms with van der Waals surface area (Å²) in [4.78, 5) is 30.8. The minimum Gasteiger partial charge on any atom is -0.455 e. The van der Waals surface area contributed by atoms with Crippen LogP contribution in [0.25, 0.3) is 0 Å². The van der Waals surface area contributed by atoms with Crippen molar-refractivity contribution in [2.24, 2.45) is 34.5 Å². The molecule has 0 unspecified atom stereocenters. The number of carbonyl (C=O) groups is 2. The van der Waals surface area contributed by atoms with Crippen molar-refractivity contribution in [2.45, 2.75) is 176 Å². The molecule has 5 aliphatic carbocycles. The number of likely N-dealkylation sites (tertiary alicyclic amines) is 1. The highest BCUT2D eigenvalue weighted by Crippen LogP contribution is 2.80. The van der Waals surface area contributed by atoms with Gasteiger partial charge in [-0.3, -0.25) is 4.79 Å². The van der Waals surface area contributed by atoms with Gasteiger partial charge in [-0.15, -0.1) is 0 Å². The lowest BCUT2D eigenvalue weighted by Gasteiger charge is -2.70. The molecule has 12 nitrogen and oxygen atoms in total. The predicted octanol–water partition coefficient (Wildman–Crippen LogP) is 7.06. The van der Waals surface area contributed by atoms with Gasteiger partial charge in [0.1, 0.15) is 23.9 Å². The molecule has 3 N–H and O–H groups in total. The van der Waals surface area contributed by atoms with Crippen LogP contribution in [0.1, 0.15) is 133 Å². The Morgan fingerprint density at radius 3 is 2.05 bits per heavy atom. The SMILES string of the molecule is CCCCCCCCCC/C=C\CCCCCCCC(=O)O[C@]12[C@H]3[C@@H](OC(=O)c4ccccc4)[C@@](O)(C[C@H]3[C@@]34[C@@H](OC)C[C@@H](O)[C@@]5(COC)CN(C)[C@@H]3[C@@H]1[C@H](OC)[C@H]54)[C@@H](OC)[C@@H]2O. The Labute approximate surface area is 376 Å². The van der Waals surface area contributed by atoms with Crippen LogP contribution in [0.15, 0.2) is 42.5 Å². The van der Waals surface area contributed by atoms with Gasteiger partial charge in [-0.05, 0) is 63.6 Å². The number of fused-ring (bicyclic) bond motifs is 2. The highest BCUT2D eigenvalue weighted by molar-refractivity contribution is 5.89. The fourth-order valence-electron chi connectivity index (χ4n) is 14.9. The van der Waals surface area contributed by atoms with Crippen molar-refractivity contribution in [1.29, 1.82) is 0 Å². The van der Waals surface area contributed by atoms with E-state index >= 15 is 0 Å². The summed E-state index contributed by atoms with van der Waals surface area (Å²) >= 11 is 0. The summed E-state index contributed by atoms with van der Waals surface area (Å²) in [6.45, 7) is 2.97. The third-order valence-corrected chi connectivity index (χ3v) is 17.0. The van der Waals surface area contributed by atoms with Crippen LogP contribution >= 0.6 is 0 Å². The van der Waals surface area contributed by atoms with Crippen molar-refractivity contribution in [3.63, 3.8) is 0 Å². The summed E-state index contributed by atoms with van der Waals surface area (Å²) in [6, 6.07) is 8.28. The second kappa shape index (κ2) is 20.6. The molecule has 0 radical (unpaired) electrons. The van der Waals surface area contributed by atoms with Crippen molar-refractivity contribution in [1.82, 2.24) is 4.90 Å². The molecule has 354 valence electrons. The third kappa shape index (κ3) is 8.16. The number of aliphatic hydroxyl groups is 3. The van der Waals surface area contributed by atoms with Gasteiger partial charge in [-0.25, -0.2) is 4.79 Å². The lowest BCUT2D eigenvalue weighted by Crippen LogP contribution is -2.81. The molecular weight excluding hydrogens is 803 g/mol. The number of allylic oxidation sites excluding steroid dienone is 2. The van der Waals surface area contributed by atoms with E-state index in [0.717, 1.165) is 38.5 Å². The molecule has 12 heteroatoms. The molecule has 7 bridgehead atoms. The van der Waals surface area contributed by atoms with Crippen LogP contribution in [-0.4, -0.2) is 135 Å². The Balaban J connectivity index is 1.12. The predicted molar refractivity (Wildman–Crippen MR) is 239 cm³/mol. The van der Waals surface area contributed by atoms with E-state index < -0.39 is 88.3 Å². The lowest BCUT2D eigenvalue weighted by atomic mass is 9.42. The zero-order valence-electron chi connectivity index (χ0n) is 39.1. The molecule has 0 aromatic heterocycles. The van der Waals surface area contributed by atoms with Crippen LogP contribution < -0.4 is 0 Å². The highest BCUT2D eigenvalue weighted by Gasteiger charge is 2.92. The van der Waals surface area contributed by atoms with E-state index in [1.165, 1.54) is 58.5 Å². The standard InChI is InChI=1S/C51H79NO11/c1-7-8-9-10-11-12-13-14-15-16-17-18-19-20-21-22-26-29-38(54)63-51-39-35(31-49(57,46(61-6)44(51)55)45(39)62-47(56)34-27-24-23-25-28-34)50-37(59-4)30-36(53)48(33-58-3)32-52(2)43(50)40(51)41(60-5)42(48)50/h16-17,23-25,27-28,35-37,39-46,53,55,57H,7-15,18-22,26,29-33H2,1-6H3/b17-16-/t35-,36-,37+,39-,40+,41+,42-,43-,44+,45-,46+,48+,49+,50+,51-/m1/s1. The molecule has 1 heterocycles. The number of unbranched alkanes of at least 4 members (excludes halogenated alkanes) is 13. The van der Waals surface area contributed by atoms with Gasteiger partial charge < -0.3 is 48.6 Å². The quantitative estimate of drug-likeness (QED) is 0.0524. The first kappa shape index (κ1) is 48.5. The van der Waals surface area contributed by atoms with Crippen LogP contribution in [-0.2, 0) is 33.2 Å². The molecule has 0 amide bonds. The Hall–Kier alpha value is -2.42. The van der Waals surface area contributed by atoms with Gasteiger partial charge in [-0.1, -0.05) is 101 Å². The first-order valence-corrected chi connectivity index (χ1v) is 24.5. The van der Waals surface area contributed by atoms with Crippen molar-refractivity contribution in [3.05, 3.63) is 48.0 Å². The number of piperidine rings is 1. The number of esters is 2. The maximum atomic E-state index is 14.5. The number of carbonyl (C=O) groups excluding carboxylic acids is 2. The van der Waals surface area contributed by atoms with E-state index in [9.17, 15) is 24.9 Å². The van der Waals surface area contributed by atoms with Gasteiger partial charge in [0.15, 0.2) is 5.60 Å². The normalized spacial score (nSPS) is 39.8. The number of methoxy groups -OCH3 is 4. The number of nitrogens with zero attached hydrogens (tertiary/aromatic N) is 1. The van der Waals surface area contributed by atoms with Gasteiger partial charge in [-0.2, -0.15) is 0 Å². The van der Waals surface area contributed by atoms with Gasteiger partial charge in [0, 0.05) is 82.5 Å². The van der Waals surface area contributed by atoms with Crippen LogP contribution in [0.4, 0.5) is 0 Å². The Bertz CT molecular complexity index is 1700. The van der Waals surface area contributed by atoms with E-state index in [4.69, 9.17) is 28.4 Å². The van der Waals surface area contributed by atoms with Crippen LogP contribution in [0.3, 0.4) is 0 Å². The highest BCUT2D eigenvalue weighted by atomic mass is 16.6. The van der Waals surface area contributed by atoms with Crippen molar-refractivity contribution in [3.8, 4) is 0 Å². The Morgan fingerprint density at radius 2 is 1.44 bits per heavy atom. The van der Waals surface area contributed by atoms with Gasteiger partial charge >= 0.3 is 11.9 Å². The molecular formula is C51H79NO11. The number of ether oxygens (including phenoxy) is 6. The smallest absolute Gasteiger partial charge is 0.338 e. The number of rotatable bonds is 25. The van der Waals surface area contributed by atoms with E-state index in [2.05, 4.69) is 24.0 Å². The van der Waals surface area contributed by atoms with Crippen molar-refractivity contribution < 1.29 is 53.3 Å². The first-order valence-electron chi connectivity index (χ1n) is 24.5. The van der Waals surface area contributed by atoms with Gasteiger partial charge in [0.2, 0.25) is 0 Å². The lowest BCUT2D eigenvalue weighted by molar-refractivity contribution is -0.321. The second-order valence-corrected chi connectivity index (χ2v) is 20.2. The minimum absolute atomic E-state index is 0.0800. The molecule has 1 aliphatic heterocycles. The molecule has 1 spiro atoms. The molecule has 63 heavy (non-hydrogen) atoms. The van der Waals surface area contributed by atoms with Crippen LogP contribution in [0.2, 0.25) is 0 Å². The average Bonchev–Trinajstić information content (AvgIpc) is 3.67. The first-order chi connectivity index (χ1) is 30.5. The number of benzene rings is 1. The monoisotopic (exact) mass is 882 g/mol. The maximum absolute atomic E-state index is 14.5. The van der Waals surface area contributed by atoms with Crippen LogP contribution in [0, 0.1) is 34.5 Å². The second-order valence-electron chi connectivity index (χ2n) is 20.2. The Morgan fingerprint density at radius 1 is 0.810 bits per heavy atom. The summed E-state index contributed by atoms with van der Waals surface area (Å²) in [5, 5.41) is 38.2. The number of hydrogen-bond acceptors (Lipinski definition) is 12. The molecule has 7 rings (SSSR count). The molecule has 6 fully saturated rings. The average molecular weight is 882 g/mol. The van der Waals surface area contributed by atoms with E-state index in [0.29, 0.717) is 24.9 Å². The zero-order chi connectivity index (χ0) is 45.0. The molecule has 1 aromatic carbocycles. The minimum atomic E-state index is -1.85. The Kier molecular flexibility index (Phi) is 15.9. The van der Waals surface area contributed by atoms with Gasteiger partial charge in [0.05, 0.1) is 30.5 Å². The third-order valence-electron chi connectivity index (χ3n) is 17.0. The van der Waals surface area contributed by atoms with Gasteiger partial charge in [0.25, 0.3) is 0 Å². The molecule has 1 saturated heterocycles. The zero-order valence-corrected chi connectivity index (χ0v) is 39.1. The molecule has 1 aromatic rings. The fourth-order valence-corrected chi connectivity index (χ4v) is 14.9. The van der Waals surface area contributed by atoms with E-state index in [-0.39, 0.29) is 31.4 Å². The summed E-state index contributed by atoms with van der Waals surface area (Å²) in [7, 11) is 8.39. The fraction of sp³-hybridized carbons (Fsp3) is 0.804. The van der Waals surface area contributed by atoms with Crippen molar-refractivity contribution in [2.75, 3.05) is 48.6 Å². The molecule has 15 atom stereocenters. The largest absolute Gasteiger partial charge is 0.455 e. The summed E-state index contributed by atoms with van der Waals surface area (Å²) in [6.07, 6.45) is 16.8. The molecule has 5 saturated carbocycles. The summed E-state index contributed by atoms with van der Waals surface area (Å²) < 4.78 is 38.5. The summed E-state index contributed by atoms with van der Waals surface area (Å²) in [5.74, 6) is -3.52. The topological polar surface area (TPSA) is 153 Å².